The third kappa shape index (κ3) is 4.81. The van der Waals surface area contributed by atoms with Crippen molar-refractivity contribution < 1.29 is 26.7 Å². The number of fused-ring (bicyclic) bond motifs is 1. The van der Waals surface area contributed by atoms with E-state index in [1.54, 1.807) is 37.3 Å². The van der Waals surface area contributed by atoms with E-state index in [0.29, 0.717) is 22.2 Å². The van der Waals surface area contributed by atoms with Gasteiger partial charge in [0.05, 0.1) is 29.4 Å². The highest BCUT2D eigenvalue weighted by Crippen LogP contribution is 2.31. The topological polar surface area (TPSA) is 132 Å². The van der Waals surface area contributed by atoms with Crippen LogP contribution in [-0.4, -0.2) is 35.2 Å². The summed E-state index contributed by atoms with van der Waals surface area (Å²) in [4.78, 5) is 16.1. The smallest absolute Gasteiger partial charge is 0.229 e. The van der Waals surface area contributed by atoms with E-state index in [4.69, 9.17) is 10.5 Å². The van der Waals surface area contributed by atoms with Gasteiger partial charge in [-0.2, -0.15) is 5.10 Å². The molecule has 5 aromatic rings. The predicted octanol–water partition coefficient (Wildman–Crippen LogP) is 4.92. The first kappa shape index (κ1) is 25.0. The van der Waals surface area contributed by atoms with Crippen LogP contribution >= 0.6 is 0 Å². The van der Waals surface area contributed by atoms with Crippen molar-refractivity contribution >= 4 is 38.2 Å². The van der Waals surface area contributed by atoms with E-state index in [1.807, 2.05) is 6.07 Å². The summed E-state index contributed by atoms with van der Waals surface area (Å²) in [6, 6.07) is 15.5. The Bertz CT molecular complexity index is 1790. The second-order valence-corrected chi connectivity index (χ2v) is 10.4. The van der Waals surface area contributed by atoms with E-state index in [1.165, 1.54) is 24.4 Å². The Morgan fingerprint density at radius 2 is 1.79 bits per heavy atom. The zero-order valence-corrected chi connectivity index (χ0v) is 20.9. The van der Waals surface area contributed by atoms with Crippen LogP contribution in [0, 0.1) is 18.6 Å². The average molecular weight is 538 g/mol. The molecule has 4 N–H and O–H groups in total. The molecule has 2 aromatic heterocycles. The summed E-state index contributed by atoms with van der Waals surface area (Å²) in [7, 11) is -3.71. The Morgan fingerprint density at radius 1 is 1.05 bits per heavy atom. The molecular weight excluding hydrogens is 516 g/mol. The number of sulfonamides is 1. The summed E-state index contributed by atoms with van der Waals surface area (Å²) < 4.78 is 61.4. The van der Waals surface area contributed by atoms with Gasteiger partial charge in [-0.05, 0) is 48.9 Å². The molecule has 0 saturated carbocycles. The lowest BCUT2D eigenvalue weighted by Gasteiger charge is -2.13. The fraction of sp³-hybridized carbons (Fsp3) is 0.0769. The van der Waals surface area contributed by atoms with Crippen molar-refractivity contribution in [3.63, 3.8) is 0 Å². The van der Waals surface area contributed by atoms with Crippen molar-refractivity contribution in [2.75, 3.05) is 16.7 Å². The van der Waals surface area contributed by atoms with Crippen LogP contribution in [0.1, 0.15) is 21.6 Å². The van der Waals surface area contributed by atoms with Gasteiger partial charge in [0, 0.05) is 17.0 Å². The second kappa shape index (κ2) is 9.30. The van der Waals surface area contributed by atoms with Crippen molar-refractivity contribution in [1.29, 1.82) is 0 Å². The number of rotatable bonds is 7. The van der Waals surface area contributed by atoms with Gasteiger partial charge in [0.25, 0.3) is 0 Å². The molecule has 38 heavy (non-hydrogen) atoms. The number of nitrogens with zero attached hydrogens (tertiary/aromatic N) is 2. The number of nitrogen functional groups attached to an aromatic ring is 1. The molecule has 0 aliphatic carbocycles. The van der Waals surface area contributed by atoms with Crippen molar-refractivity contribution in [2.24, 2.45) is 0 Å². The molecule has 0 aliphatic rings. The molecule has 0 fully saturated rings. The number of carbonyl (C=O) groups excluding carboxylic acids is 1. The Kier molecular flexibility index (Phi) is 6.11. The predicted molar refractivity (Wildman–Crippen MR) is 139 cm³/mol. The first-order valence-electron chi connectivity index (χ1n) is 11.2. The molecule has 0 radical (unpaired) electrons. The zero-order valence-electron chi connectivity index (χ0n) is 20.1. The Morgan fingerprint density at radius 3 is 2.47 bits per heavy atom. The number of H-pyrrole nitrogens is 1. The minimum absolute atomic E-state index is 0.00470. The van der Waals surface area contributed by atoms with Crippen LogP contribution in [0.25, 0.3) is 16.6 Å². The van der Waals surface area contributed by atoms with Gasteiger partial charge in [0.2, 0.25) is 15.8 Å². The highest BCUT2D eigenvalue weighted by atomic mass is 32.2. The highest BCUT2D eigenvalue weighted by Gasteiger charge is 2.23. The van der Waals surface area contributed by atoms with Crippen LogP contribution in [-0.2, 0) is 10.0 Å². The lowest BCUT2D eigenvalue weighted by molar-refractivity contribution is 0.103. The molecule has 0 amide bonds. The quantitative estimate of drug-likeness (QED) is 0.253. The molecule has 0 bridgehead atoms. The number of hydrogen-bond acceptors (Lipinski definition) is 6. The lowest BCUT2D eigenvalue weighted by Crippen LogP contribution is -2.10. The number of ether oxygens (including phenoxy) is 1. The summed E-state index contributed by atoms with van der Waals surface area (Å²) >= 11 is 0. The van der Waals surface area contributed by atoms with Crippen LogP contribution < -0.4 is 15.2 Å². The molecule has 2 heterocycles. The second-order valence-electron chi connectivity index (χ2n) is 8.65. The largest absolute Gasteiger partial charge is 0.457 e. The molecular formula is C26H21F2N5O4S. The summed E-state index contributed by atoms with van der Waals surface area (Å²) in [6.45, 7) is 1.66. The zero-order chi connectivity index (χ0) is 27.2. The van der Waals surface area contributed by atoms with Crippen molar-refractivity contribution in [2.45, 2.75) is 6.92 Å². The van der Waals surface area contributed by atoms with Crippen LogP contribution in [0.2, 0.25) is 0 Å². The standard InChI is InChI=1S/C26H21F2N5O4S/c1-14-8-17(37-16-6-4-3-5-7-16)11-20(28)24(14)33-26(29)18(13-30-33)25(34)23-10-15-9-19(27)22(12-21(15)31-23)32-38(2,35)36/h3-13,31-32H,29H2,1-2H3. The van der Waals surface area contributed by atoms with Gasteiger partial charge in [0.15, 0.2) is 5.82 Å². The summed E-state index contributed by atoms with van der Waals surface area (Å²) in [5, 5.41) is 4.47. The summed E-state index contributed by atoms with van der Waals surface area (Å²) in [5.74, 6) is -1.30. The number of hydrogen-bond donors (Lipinski definition) is 3. The number of para-hydroxylation sites is 1. The normalized spacial score (nSPS) is 11.6. The highest BCUT2D eigenvalue weighted by molar-refractivity contribution is 7.92. The van der Waals surface area contributed by atoms with Crippen LogP contribution in [0.15, 0.2) is 66.9 Å². The van der Waals surface area contributed by atoms with E-state index < -0.39 is 27.4 Å². The molecule has 0 aliphatic heterocycles. The maximum atomic E-state index is 15.2. The van der Waals surface area contributed by atoms with Gasteiger partial charge in [-0.1, -0.05) is 18.2 Å². The number of aromatic amines is 1. The first-order valence-corrected chi connectivity index (χ1v) is 13.1. The third-order valence-electron chi connectivity index (χ3n) is 5.72. The van der Waals surface area contributed by atoms with Gasteiger partial charge >= 0.3 is 0 Å². The number of carbonyl (C=O) groups is 1. The third-order valence-corrected chi connectivity index (χ3v) is 6.31. The van der Waals surface area contributed by atoms with Crippen LogP contribution in [0.4, 0.5) is 20.3 Å². The maximum absolute atomic E-state index is 15.2. The number of nitrogens with one attached hydrogen (secondary N) is 2. The Labute approximate surface area is 215 Å². The molecule has 0 spiro atoms. The minimum atomic E-state index is -3.71. The van der Waals surface area contributed by atoms with E-state index in [-0.39, 0.29) is 34.2 Å². The van der Waals surface area contributed by atoms with Crippen LogP contribution in [0.5, 0.6) is 11.5 Å². The Balaban J connectivity index is 1.46. The maximum Gasteiger partial charge on any atom is 0.229 e. The van der Waals surface area contributed by atoms with E-state index in [2.05, 4.69) is 14.8 Å². The summed E-state index contributed by atoms with van der Waals surface area (Å²) in [6.07, 6.45) is 2.11. The minimum Gasteiger partial charge on any atom is -0.457 e. The number of nitrogens with two attached hydrogens (primary N) is 1. The average Bonchev–Trinajstić information content (AvgIpc) is 3.41. The first-order chi connectivity index (χ1) is 18.0. The fourth-order valence-electron chi connectivity index (χ4n) is 4.07. The number of anilines is 2. The molecule has 5 rings (SSSR count). The van der Waals surface area contributed by atoms with Gasteiger partial charge < -0.3 is 15.5 Å². The molecule has 194 valence electrons. The van der Waals surface area contributed by atoms with Gasteiger partial charge in [-0.15, -0.1) is 0 Å². The SMILES string of the molecule is Cc1cc(Oc2ccccc2)cc(F)c1-n1ncc(C(=O)c2cc3cc(F)c(NS(C)(=O)=O)cc3[nH]2)c1N. The Hall–Kier alpha value is -4.71. The fourth-order valence-corrected chi connectivity index (χ4v) is 4.62. The molecule has 9 nitrogen and oxygen atoms in total. The molecule has 0 saturated heterocycles. The lowest BCUT2D eigenvalue weighted by atomic mass is 10.1. The van der Waals surface area contributed by atoms with Crippen LogP contribution in [0.3, 0.4) is 0 Å². The van der Waals surface area contributed by atoms with E-state index in [0.717, 1.165) is 17.0 Å². The number of ketones is 1. The monoisotopic (exact) mass is 537 g/mol. The number of aromatic nitrogens is 3. The summed E-state index contributed by atoms with van der Waals surface area (Å²) in [5.41, 5.74) is 6.85. The van der Waals surface area contributed by atoms with Gasteiger partial charge in [-0.3, -0.25) is 9.52 Å². The van der Waals surface area contributed by atoms with Gasteiger partial charge in [0.1, 0.15) is 28.8 Å². The van der Waals surface area contributed by atoms with Crippen molar-refractivity contribution in [1.82, 2.24) is 14.8 Å². The van der Waals surface area contributed by atoms with E-state index >= 15 is 4.39 Å². The molecule has 12 heteroatoms. The van der Waals surface area contributed by atoms with Crippen molar-refractivity contribution in [3.05, 3.63) is 95.3 Å². The van der Waals surface area contributed by atoms with Gasteiger partial charge in [-0.25, -0.2) is 21.9 Å². The molecule has 0 atom stereocenters. The molecule has 0 unspecified atom stereocenters. The number of halogens is 2. The number of aryl methyl sites for hydroxylation is 1. The van der Waals surface area contributed by atoms with E-state index in [9.17, 15) is 17.6 Å². The molecule has 3 aromatic carbocycles. The number of benzene rings is 3. The van der Waals surface area contributed by atoms with Crippen molar-refractivity contribution in [3.8, 4) is 17.2 Å².